The molecule has 2 amide bonds. The van der Waals surface area contributed by atoms with Crippen molar-refractivity contribution in [3.63, 3.8) is 0 Å². The summed E-state index contributed by atoms with van der Waals surface area (Å²) in [5.74, 6) is 0.0792. The van der Waals surface area contributed by atoms with Gasteiger partial charge in [0.25, 0.3) is 0 Å². The van der Waals surface area contributed by atoms with E-state index in [9.17, 15) is 14.4 Å². The molecule has 2 aromatic rings. The number of nitrogens with zero attached hydrogens (tertiary/aromatic N) is 1. The first-order valence-electron chi connectivity index (χ1n) is 11.8. The van der Waals surface area contributed by atoms with Crippen molar-refractivity contribution < 1.29 is 28.6 Å². The van der Waals surface area contributed by atoms with Gasteiger partial charge in [-0.15, -0.1) is 0 Å². The van der Waals surface area contributed by atoms with Crippen LogP contribution in [-0.4, -0.2) is 55.6 Å². The minimum atomic E-state index is -0.875. The molecule has 188 valence electrons. The van der Waals surface area contributed by atoms with Gasteiger partial charge in [0.1, 0.15) is 18.7 Å². The molecule has 0 aromatic heterocycles. The van der Waals surface area contributed by atoms with E-state index in [1.54, 1.807) is 18.1 Å². The molecule has 0 spiro atoms. The Kier molecular flexibility index (Phi) is 8.73. The van der Waals surface area contributed by atoms with E-state index < -0.39 is 30.0 Å². The fraction of sp³-hybridized carbons (Fsp3) is 0.444. The summed E-state index contributed by atoms with van der Waals surface area (Å²) in [6, 6.07) is 12.8. The number of fused-ring (bicyclic) bond motifs is 1. The van der Waals surface area contributed by atoms with Crippen molar-refractivity contribution >= 4 is 17.8 Å². The van der Waals surface area contributed by atoms with Crippen LogP contribution in [0.1, 0.15) is 44.4 Å². The molecule has 0 fully saturated rings. The van der Waals surface area contributed by atoms with E-state index in [-0.39, 0.29) is 24.9 Å². The minimum Gasteiger partial charge on any atom is -0.493 e. The van der Waals surface area contributed by atoms with Gasteiger partial charge >= 0.3 is 5.97 Å². The SMILES string of the molecule is COC(=O)[C@H](CC(C)C)NC(=O)[C@H](Cc1ccccc1)N(C(C)=O)C1COc2c(OC)cccc21. The highest BCUT2D eigenvalue weighted by molar-refractivity contribution is 5.91. The zero-order valence-electron chi connectivity index (χ0n) is 20.9. The van der Waals surface area contributed by atoms with Crippen LogP contribution < -0.4 is 14.8 Å². The molecule has 0 aliphatic carbocycles. The highest BCUT2D eigenvalue weighted by Crippen LogP contribution is 2.43. The lowest BCUT2D eigenvalue weighted by molar-refractivity contribution is -0.148. The molecule has 1 N–H and O–H groups in total. The average molecular weight is 483 g/mol. The third-order valence-corrected chi connectivity index (χ3v) is 6.09. The van der Waals surface area contributed by atoms with Crippen LogP contribution in [0.15, 0.2) is 48.5 Å². The lowest BCUT2D eigenvalue weighted by Gasteiger charge is -2.35. The maximum Gasteiger partial charge on any atom is 0.328 e. The Hall–Kier alpha value is -3.55. The second kappa shape index (κ2) is 11.7. The number of rotatable bonds is 10. The standard InChI is InChI=1S/C27H34N2O6/c1-17(2)14-21(27(32)34-5)28-26(31)22(15-19-10-7-6-8-11-19)29(18(3)30)23-16-35-25-20(23)12-9-13-24(25)33-4/h6-13,17,21-23H,14-16H2,1-5H3,(H,28,31)/t21-,22-,23?/m0/s1. The van der Waals surface area contributed by atoms with Crippen molar-refractivity contribution in [2.45, 2.75) is 51.7 Å². The molecular weight excluding hydrogens is 448 g/mol. The Morgan fingerprint density at radius 1 is 1.09 bits per heavy atom. The number of benzene rings is 2. The van der Waals surface area contributed by atoms with Gasteiger partial charge in [0.15, 0.2) is 11.5 Å². The molecule has 2 aromatic carbocycles. The number of hydrogen-bond donors (Lipinski definition) is 1. The fourth-order valence-electron chi connectivity index (χ4n) is 4.50. The van der Waals surface area contributed by atoms with Crippen LogP contribution in [0.5, 0.6) is 11.5 Å². The van der Waals surface area contributed by atoms with Gasteiger partial charge in [0, 0.05) is 18.9 Å². The van der Waals surface area contributed by atoms with Crippen LogP contribution in [0, 0.1) is 5.92 Å². The first kappa shape index (κ1) is 26.1. The third kappa shape index (κ3) is 6.12. The Bertz CT molecular complexity index is 1040. The molecule has 8 heteroatoms. The van der Waals surface area contributed by atoms with E-state index in [0.29, 0.717) is 17.9 Å². The smallest absolute Gasteiger partial charge is 0.328 e. The summed E-state index contributed by atoms with van der Waals surface area (Å²) in [7, 11) is 2.85. The summed E-state index contributed by atoms with van der Waals surface area (Å²) in [4.78, 5) is 40.7. The topological polar surface area (TPSA) is 94.2 Å². The fourth-order valence-corrected chi connectivity index (χ4v) is 4.50. The van der Waals surface area contributed by atoms with Crippen LogP contribution in [0.25, 0.3) is 0 Å². The van der Waals surface area contributed by atoms with E-state index >= 15 is 0 Å². The number of carbonyl (C=O) groups excluding carboxylic acids is 3. The second-order valence-corrected chi connectivity index (χ2v) is 9.05. The van der Waals surface area contributed by atoms with Crippen LogP contribution in [0.3, 0.4) is 0 Å². The van der Waals surface area contributed by atoms with Gasteiger partial charge in [-0.25, -0.2) is 4.79 Å². The zero-order chi connectivity index (χ0) is 25.5. The predicted molar refractivity (Wildman–Crippen MR) is 131 cm³/mol. The van der Waals surface area contributed by atoms with E-state index in [1.807, 2.05) is 56.3 Å². The Morgan fingerprint density at radius 2 is 1.80 bits per heavy atom. The molecular formula is C27H34N2O6. The van der Waals surface area contributed by atoms with Gasteiger partial charge in [-0.2, -0.15) is 0 Å². The van der Waals surface area contributed by atoms with Gasteiger partial charge in [-0.1, -0.05) is 56.3 Å². The third-order valence-electron chi connectivity index (χ3n) is 6.09. The van der Waals surface area contributed by atoms with Crippen LogP contribution in [0.2, 0.25) is 0 Å². The number of carbonyl (C=O) groups is 3. The first-order valence-corrected chi connectivity index (χ1v) is 11.8. The molecule has 3 rings (SSSR count). The highest BCUT2D eigenvalue weighted by Gasteiger charge is 2.40. The molecule has 1 heterocycles. The average Bonchev–Trinajstić information content (AvgIpc) is 3.26. The summed E-state index contributed by atoms with van der Waals surface area (Å²) < 4.78 is 16.3. The van der Waals surface area contributed by atoms with Gasteiger partial charge in [0.2, 0.25) is 11.8 Å². The summed E-state index contributed by atoms with van der Waals surface area (Å²) in [6.45, 7) is 5.56. The lowest BCUT2D eigenvalue weighted by atomic mass is 9.98. The van der Waals surface area contributed by atoms with E-state index in [2.05, 4.69) is 5.32 Å². The van der Waals surface area contributed by atoms with Crippen molar-refractivity contribution in [2.24, 2.45) is 5.92 Å². The monoisotopic (exact) mass is 482 g/mol. The lowest BCUT2D eigenvalue weighted by Crippen LogP contribution is -2.55. The molecule has 1 aliphatic rings. The maximum atomic E-state index is 13.7. The van der Waals surface area contributed by atoms with Crippen LogP contribution >= 0.6 is 0 Å². The molecule has 1 aliphatic heterocycles. The van der Waals surface area contributed by atoms with Gasteiger partial charge in [0.05, 0.1) is 20.3 Å². The summed E-state index contributed by atoms with van der Waals surface area (Å²) in [5, 5.41) is 2.85. The molecule has 8 nitrogen and oxygen atoms in total. The van der Waals surface area contributed by atoms with Crippen LogP contribution in [0.4, 0.5) is 0 Å². The number of amides is 2. The number of esters is 1. The molecule has 0 bridgehead atoms. The van der Waals surface area contributed by atoms with E-state index in [0.717, 1.165) is 11.1 Å². The van der Waals surface area contributed by atoms with Gasteiger partial charge in [-0.05, 0) is 24.0 Å². The maximum absolute atomic E-state index is 13.7. The van der Waals surface area contributed by atoms with Crippen molar-refractivity contribution in [2.75, 3.05) is 20.8 Å². The number of methoxy groups -OCH3 is 2. The normalized spacial score (nSPS) is 16.0. The molecule has 35 heavy (non-hydrogen) atoms. The van der Waals surface area contributed by atoms with Crippen molar-refractivity contribution in [3.8, 4) is 11.5 Å². The predicted octanol–water partition coefficient (Wildman–Crippen LogP) is 3.29. The summed E-state index contributed by atoms with van der Waals surface area (Å²) in [5.41, 5.74) is 1.67. The van der Waals surface area contributed by atoms with E-state index in [4.69, 9.17) is 14.2 Å². The van der Waals surface area contributed by atoms with Crippen molar-refractivity contribution in [1.82, 2.24) is 10.2 Å². The Labute approximate surface area is 206 Å². The minimum absolute atomic E-state index is 0.151. The molecule has 0 saturated carbocycles. The molecule has 0 radical (unpaired) electrons. The molecule has 3 atom stereocenters. The Balaban J connectivity index is 1.99. The first-order chi connectivity index (χ1) is 16.8. The largest absolute Gasteiger partial charge is 0.493 e. The number of ether oxygens (including phenoxy) is 3. The number of para-hydroxylation sites is 1. The molecule has 0 saturated heterocycles. The van der Waals surface area contributed by atoms with Crippen molar-refractivity contribution in [3.05, 3.63) is 59.7 Å². The van der Waals surface area contributed by atoms with E-state index in [1.165, 1.54) is 14.0 Å². The molecule has 1 unspecified atom stereocenters. The second-order valence-electron chi connectivity index (χ2n) is 9.05. The summed E-state index contributed by atoms with van der Waals surface area (Å²) in [6.07, 6.45) is 0.695. The number of nitrogens with one attached hydrogen (secondary N) is 1. The van der Waals surface area contributed by atoms with Gasteiger partial charge in [-0.3, -0.25) is 9.59 Å². The number of hydrogen-bond acceptors (Lipinski definition) is 6. The summed E-state index contributed by atoms with van der Waals surface area (Å²) >= 11 is 0. The van der Waals surface area contributed by atoms with Crippen LogP contribution in [-0.2, 0) is 25.5 Å². The highest BCUT2D eigenvalue weighted by atomic mass is 16.5. The quantitative estimate of drug-likeness (QED) is 0.523. The zero-order valence-corrected chi connectivity index (χ0v) is 20.9. The van der Waals surface area contributed by atoms with Crippen molar-refractivity contribution in [1.29, 1.82) is 0 Å². The Morgan fingerprint density at radius 3 is 2.40 bits per heavy atom. The van der Waals surface area contributed by atoms with Gasteiger partial charge < -0.3 is 24.4 Å².